The molecule has 1 aromatic heterocycles. The second kappa shape index (κ2) is 3.75. The van der Waals surface area contributed by atoms with E-state index in [1.807, 2.05) is 6.92 Å². The Balaban J connectivity index is 2.88. The third kappa shape index (κ3) is 1.80. The third-order valence-corrected chi connectivity index (χ3v) is 3.21. The van der Waals surface area contributed by atoms with Gasteiger partial charge in [-0.3, -0.25) is 9.59 Å². The van der Waals surface area contributed by atoms with Gasteiger partial charge in [0, 0.05) is 4.90 Å². The molecule has 78 valence electrons. The molecular formula is C9H7ClN2O2S. The van der Waals surface area contributed by atoms with Gasteiger partial charge in [0.2, 0.25) is 0 Å². The van der Waals surface area contributed by atoms with Crippen molar-refractivity contribution in [2.75, 3.05) is 0 Å². The number of nitrogens with one attached hydrogen (secondary N) is 2. The molecule has 0 aliphatic heterocycles. The zero-order chi connectivity index (χ0) is 11.0. The molecule has 15 heavy (non-hydrogen) atoms. The Kier molecular flexibility index (Phi) is 2.58. The molecule has 1 aromatic carbocycles. The van der Waals surface area contributed by atoms with E-state index >= 15 is 0 Å². The summed E-state index contributed by atoms with van der Waals surface area (Å²) in [6.07, 6.45) is 0. The number of hydrogen-bond donors (Lipinski definition) is 2. The third-order valence-electron chi connectivity index (χ3n) is 2.10. The number of halogens is 1. The summed E-state index contributed by atoms with van der Waals surface area (Å²) >= 11 is 0. The van der Waals surface area contributed by atoms with Crippen LogP contribution in [0.5, 0.6) is 0 Å². The lowest BCUT2D eigenvalue weighted by Gasteiger charge is -2.03. The highest BCUT2D eigenvalue weighted by molar-refractivity contribution is 8.21. The van der Waals surface area contributed by atoms with Crippen molar-refractivity contribution in [2.24, 2.45) is 0 Å². The topological polar surface area (TPSA) is 65.7 Å². The molecule has 2 aromatic rings. The van der Waals surface area contributed by atoms with Crippen molar-refractivity contribution in [3.05, 3.63) is 38.4 Å². The molecule has 1 heterocycles. The summed E-state index contributed by atoms with van der Waals surface area (Å²) < 4.78 is 0. The monoisotopic (exact) mass is 242 g/mol. The van der Waals surface area contributed by atoms with Crippen LogP contribution in [0.15, 0.2) is 26.6 Å². The molecule has 0 amide bonds. The van der Waals surface area contributed by atoms with E-state index in [4.69, 9.17) is 10.7 Å². The Morgan fingerprint density at radius 3 is 2.20 bits per heavy atom. The van der Waals surface area contributed by atoms with Gasteiger partial charge in [-0.25, -0.2) is 0 Å². The van der Waals surface area contributed by atoms with Crippen molar-refractivity contribution < 1.29 is 0 Å². The molecule has 2 N–H and O–H groups in total. The highest BCUT2D eigenvalue weighted by Crippen LogP contribution is 2.27. The molecule has 4 nitrogen and oxygen atoms in total. The average Bonchev–Trinajstić information content (AvgIpc) is 2.20. The number of aromatic amines is 2. The predicted octanol–water partition coefficient (Wildman–Crippen LogP) is 1.77. The second-order valence-corrected chi connectivity index (χ2v) is 4.21. The van der Waals surface area contributed by atoms with Crippen LogP contribution < -0.4 is 11.1 Å². The highest BCUT2D eigenvalue weighted by atomic mass is 35.7. The maximum Gasteiger partial charge on any atom is 0.314 e. The van der Waals surface area contributed by atoms with Gasteiger partial charge in [0.1, 0.15) is 0 Å². The van der Waals surface area contributed by atoms with Crippen LogP contribution >= 0.6 is 21.7 Å². The quantitative estimate of drug-likeness (QED) is 0.749. The molecule has 0 bridgehead atoms. The number of benzene rings is 1. The minimum absolute atomic E-state index is 0.577. The SMILES string of the molecule is Cc1cc2[nH]c(=O)c(=O)[nH]c2cc1SCl. The fraction of sp³-hybridized carbons (Fsp3) is 0.111. The first kappa shape index (κ1) is 10.3. The number of aryl methyl sites for hydroxylation is 1. The average molecular weight is 243 g/mol. The lowest BCUT2D eigenvalue weighted by molar-refractivity contribution is 1.13. The molecule has 0 unspecified atom stereocenters. The van der Waals surface area contributed by atoms with E-state index < -0.39 is 11.1 Å². The summed E-state index contributed by atoms with van der Waals surface area (Å²) in [5.74, 6) is 0. The fourth-order valence-corrected chi connectivity index (χ4v) is 2.18. The van der Waals surface area contributed by atoms with Crippen molar-refractivity contribution >= 4 is 32.7 Å². The molecule has 2 rings (SSSR count). The van der Waals surface area contributed by atoms with Gasteiger partial charge in [0.05, 0.1) is 11.0 Å². The minimum Gasteiger partial charge on any atom is -0.316 e. The molecule has 0 saturated heterocycles. The Morgan fingerprint density at radius 2 is 1.67 bits per heavy atom. The van der Waals surface area contributed by atoms with Gasteiger partial charge in [0.15, 0.2) is 0 Å². The van der Waals surface area contributed by atoms with Gasteiger partial charge < -0.3 is 9.97 Å². The molecule has 0 aliphatic carbocycles. The number of fused-ring (bicyclic) bond motifs is 1. The summed E-state index contributed by atoms with van der Waals surface area (Å²) in [5.41, 5.74) is 0.829. The van der Waals surface area contributed by atoms with Crippen LogP contribution in [0.4, 0.5) is 0 Å². The number of H-pyrrole nitrogens is 2. The maximum atomic E-state index is 11.1. The van der Waals surface area contributed by atoms with Gasteiger partial charge >= 0.3 is 11.1 Å². The first-order chi connectivity index (χ1) is 7.11. The highest BCUT2D eigenvalue weighted by Gasteiger charge is 2.04. The Labute approximate surface area is 93.2 Å². The second-order valence-electron chi connectivity index (χ2n) is 3.15. The lowest BCUT2D eigenvalue weighted by atomic mass is 10.2. The van der Waals surface area contributed by atoms with Gasteiger partial charge in [-0.15, -0.1) is 0 Å². The van der Waals surface area contributed by atoms with E-state index in [0.29, 0.717) is 11.0 Å². The zero-order valence-electron chi connectivity index (χ0n) is 7.76. The summed E-state index contributed by atoms with van der Waals surface area (Å²) in [5, 5.41) is 0. The van der Waals surface area contributed by atoms with E-state index in [0.717, 1.165) is 21.4 Å². The Bertz CT molecular complexity index is 632. The molecule has 0 spiro atoms. The van der Waals surface area contributed by atoms with E-state index in [1.54, 1.807) is 12.1 Å². The van der Waals surface area contributed by atoms with E-state index in [9.17, 15) is 9.59 Å². The fourth-order valence-electron chi connectivity index (χ4n) is 1.34. The van der Waals surface area contributed by atoms with Gasteiger partial charge in [-0.05, 0) is 46.3 Å². The largest absolute Gasteiger partial charge is 0.316 e. The van der Waals surface area contributed by atoms with Gasteiger partial charge in [0.25, 0.3) is 0 Å². The molecular weight excluding hydrogens is 236 g/mol. The summed E-state index contributed by atoms with van der Waals surface area (Å²) in [6, 6.07) is 3.51. The van der Waals surface area contributed by atoms with Crippen LogP contribution in [0, 0.1) is 6.92 Å². The number of hydrogen-bond acceptors (Lipinski definition) is 3. The molecule has 0 atom stereocenters. The molecule has 6 heteroatoms. The van der Waals surface area contributed by atoms with Crippen LogP contribution in [0.3, 0.4) is 0 Å². The zero-order valence-corrected chi connectivity index (χ0v) is 9.33. The summed E-state index contributed by atoms with van der Waals surface area (Å²) in [6.45, 7) is 1.88. The predicted molar refractivity (Wildman–Crippen MR) is 61.6 cm³/mol. The lowest BCUT2D eigenvalue weighted by Crippen LogP contribution is -2.28. The Hall–Kier alpha value is -1.20. The molecule has 0 aliphatic rings. The van der Waals surface area contributed by atoms with Gasteiger partial charge in [-0.1, -0.05) is 0 Å². The van der Waals surface area contributed by atoms with E-state index in [-0.39, 0.29) is 0 Å². The Morgan fingerprint density at radius 1 is 1.13 bits per heavy atom. The minimum atomic E-state index is -0.656. The smallest absolute Gasteiger partial charge is 0.314 e. The van der Waals surface area contributed by atoms with Crippen molar-refractivity contribution in [3.63, 3.8) is 0 Å². The first-order valence-corrected chi connectivity index (χ1v) is 5.81. The number of aromatic nitrogens is 2. The molecule has 0 radical (unpaired) electrons. The van der Waals surface area contributed by atoms with E-state index in [1.165, 1.54) is 0 Å². The van der Waals surface area contributed by atoms with E-state index in [2.05, 4.69) is 9.97 Å². The summed E-state index contributed by atoms with van der Waals surface area (Å²) in [4.78, 5) is 28.0. The van der Waals surface area contributed by atoms with Crippen molar-refractivity contribution in [2.45, 2.75) is 11.8 Å². The van der Waals surface area contributed by atoms with Crippen molar-refractivity contribution in [1.29, 1.82) is 0 Å². The van der Waals surface area contributed by atoms with Gasteiger partial charge in [-0.2, -0.15) is 0 Å². The van der Waals surface area contributed by atoms with Crippen LogP contribution in [0.25, 0.3) is 11.0 Å². The standard InChI is InChI=1S/C9H7ClN2O2S/c1-4-2-5-6(3-7(4)15-10)12-9(14)8(13)11-5/h2-3H,1H3,(H,11,13)(H,12,14). The summed E-state index contributed by atoms with van der Waals surface area (Å²) in [7, 11) is 6.73. The molecule has 0 fully saturated rings. The number of rotatable bonds is 1. The van der Waals surface area contributed by atoms with Crippen molar-refractivity contribution in [3.8, 4) is 0 Å². The van der Waals surface area contributed by atoms with Crippen LogP contribution in [-0.2, 0) is 0 Å². The van der Waals surface area contributed by atoms with Crippen LogP contribution in [-0.4, -0.2) is 9.97 Å². The van der Waals surface area contributed by atoms with Crippen LogP contribution in [0.2, 0.25) is 0 Å². The first-order valence-electron chi connectivity index (χ1n) is 4.17. The van der Waals surface area contributed by atoms with Crippen molar-refractivity contribution in [1.82, 2.24) is 9.97 Å². The normalized spacial score (nSPS) is 10.8. The van der Waals surface area contributed by atoms with Crippen LogP contribution in [0.1, 0.15) is 5.56 Å². The molecule has 0 saturated carbocycles. The maximum absolute atomic E-state index is 11.1.